The molecule has 1 aliphatic heterocycles. The van der Waals surface area contributed by atoms with E-state index in [0.717, 1.165) is 38.2 Å². The number of benzene rings is 1. The van der Waals surface area contributed by atoms with Crippen LogP contribution in [0.3, 0.4) is 0 Å². The predicted octanol–water partition coefficient (Wildman–Crippen LogP) is 5.57. The zero-order valence-electron chi connectivity index (χ0n) is 20.9. The van der Waals surface area contributed by atoms with Gasteiger partial charge in [-0.25, -0.2) is 9.78 Å². The van der Waals surface area contributed by atoms with Crippen LogP contribution < -0.4 is 10.6 Å². The second kappa shape index (κ2) is 10.9. The van der Waals surface area contributed by atoms with Gasteiger partial charge in [0.1, 0.15) is 5.69 Å². The first kappa shape index (κ1) is 27.0. The zero-order chi connectivity index (χ0) is 27.7. The Hall–Kier alpha value is -3.54. The molecule has 0 unspecified atom stereocenters. The molecular formula is C26H28ClF3N6O3. The molecular weight excluding hydrogens is 537 g/mol. The number of aromatic nitrogens is 3. The summed E-state index contributed by atoms with van der Waals surface area (Å²) in [5, 5.41) is 20.7. The summed E-state index contributed by atoms with van der Waals surface area (Å²) < 4.78 is 42.1. The Kier molecular flexibility index (Phi) is 7.57. The molecule has 5 rings (SSSR count). The normalized spacial score (nSPS) is 22.1. The fourth-order valence-electron chi connectivity index (χ4n) is 5.40. The molecule has 0 spiro atoms. The van der Waals surface area contributed by atoms with Gasteiger partial charge in [-0.05, 0) is 62.8 Å². The van der Waals surface area contributed by atoms with Gasteiger partial charge < -0.3 is 20.6 Å². The lowest BCUT2D eigenvalue weighted by Crippen LogP contribution is -2.42. The summed E-state index contributed by atoms with van der Waals surface area (Å²) in [7, 11) is 0. The number of carbonyl (C=O) groups excluding carboxylic acids is 1. The number of alkyl halides is 3. The van der Waals surface area contributed by atoms with E-state index in [1.807, 2.05) is 0 Å². The van der Waals surface area contributed by atoms with Gasteiger partial charge in [0.15, 0.2) is 0 Å². The Morgan fingerprint density at radius 2 is 1.90 bits per heavy atom. The van der Waals surface area contributed by atoms with Crippen LogP contribution >= 0.6 is 11.6 Å². The van der Waals surface area contributed by atoms with Crippen molar-refractivity contribution in [3.8, 4) is 0 Å². The second-order valence-electron chi connectivity index (χ2n) is 10.1. The molecule has 1 aliphatic carbocycles. The highest BCUT2D eigenvalue weighted by Crippen LogP contribution is 2.35. The van der Waals surface area contributed by atoms with Gasteiger partial charge in [0, 0.05) is 47.5 Å². The number of rotatable bonds is 5. The van der Waals surface area contributed by atoms with Crippen molar-refractivity contribution in [1.82, 2.24) is 25.0 Å². The van der Waals surface area contributed by atoms with Gasteiger partial charge >= 0.3 is 12.3 Å². The number of hydrogen-bond acceptors (Lipinski definition) is 5. The minimum atomic E-state index is -4.60. The monoisotopic (exact) mass is 564 g/mol. The smallest absolute Gasteiger partial charge is 0.433 e. The molecule has 1 saturated heterocycles. The number of likely N-dealkylation sites (tertiary alicyclic amines) is 1. The van der Waals surface area contributed by atoms with E-state index in [4.69, 9.17) is 11.6 Å². The molecule has 2 aromatic heterocycles. The molecule has 208 valence electrons. The Bertz CT molecular complexity index is 1380. The number of piperidine rings is 1. The fourth-order valence-corrected chi connectivity index (χ4v) is 5.57. The Morgan fingerprint density at radius 1 is 1.10 bits per heavy atom. The Balaban J connectivity index is 1.25. The minimum absolute atomic E-state index is 0.134. The minimum Gasteiger partial charge on any atom is -0.465 e. The lowest BCUT2D eigenvalue weighted by Gasteiger charge is -2.31. The molecule has 2 amide bonds. The predicted molar refractivity (Wildman–Crippen MR) is 139 cm³/mol. The van der Waals surface area contributed by atoms with Gasteiger partial charge in [-0.3, -0.25) is 9.48 Å². The van der Waals surface area contributed by atoms with Gasteiger partial charge in [-0.15, -0.1) is 0 Å². The number of carbonyl (C=O) groups is 2. The molecule has 1 aromatic carbocycles. The number of hydrogen-bond donors (Lipinski definition) is 3. The highest BCUT2D eigenvalue weighted by atomic mass is 35.5. The number of fused-ring (bicyclic) bond motifs is 1. The third-order valence-electron chi connectivity index (χ3n) is 7.34. The molecule has 3 heterocycles. The Morgan fingerprint density at radius 3 is 2.67 bits per heavy atom. The standard InChI is InChI=1S/C26H28ClF3N6O3/c27-16-6-7-21-20(9-16)22(11-23(34-21)26(28,29)30)32-17-3-1-4-18(10-17)33-24(37)15-12-31-36(13-15)19-5-2-8-35(14-19)25(38)39/h6-7,9,11-13,17-19H,1-5,8,10,14H2,(H,32,34)(H,33,37)(H,38,39)/t17-,18+,19+/m0/s1. The van der Waals surface area contributed by atoms with Crippen LogP contribution in [0.1, 0.15) is 60.6 Å². The van der Waals surface area contributed by atoms with Crippen molar-refractivity contribution in [3.63, 3.8) is 0 Å². The van der Waals surface area contributed by atoms with E-state index in [1.54, 1.807) is 16.9 Å². The van der Waals surface area contributed by atoms with Crippen LogP contribution in [0.2, 0.25) is 5.02 Å². The van der Waals surface area contributed by atoms with Gasteiger partial charge in [0.2, 0.25) is 0 Å². The third kappa shape index (κ3) is 6.21. The molecule has 0 radical (unpaired) electrons. The summed E-state index contributed by atoms with van der Waals surface area (Å²) in [5.74, 6) is -0.293. The van der Waals surface area contributed by atoms with Gasteiger partial charge in [-0.1, -0.05) is 11.6 Å². The number of amides is 2. The average molecular weight is 565 g/mol. The Labute approximate surface area is 227 Å². The molecule has 39 heavy (non-hydrogen) atoms. The number of nitrogens with one attached hydrogen (secondary N) is 2. The summed E-state index contributed by atoms with van der Waals surface area (Å²) >= 11 is 6.11. The number of carboxylic acid groups (broad SMARTS) is 1. The quantitative estimate of drug-likeness (QED) is 0.373. The first-order chi connectivity index (χ1) is 18.6. The molecule has 0 bridgehead atoms. The average Bonchev–Trinajstić information content (AvgIpc) is 3.39. The summed E-state index contributed by atoms with van der Waals surface area (Å²) in [6.45, 7) is 0.802. The van der Waals surface area contributed by atoms with Crippen molar-refractivity contribution in [1.29, 1.82) is 0 Å². The van der Waals surface area contributed by atoms with Crippen molar-refractivity contribution in [2.75, 3.05) is 18.4 Å². The van der Waals surface area contributed by atoms with Crippen LogP contribution in [0.25, 0.3) is 10.9 Å². The van der Waals surface area contributed by atoms with Crippen LogP contribution in [0.15, 0.2) is 36.7 Å². The fraction of sp³-hybridized carbons (Fsp3) is 0.462. The van der Waals surface area contributed by atoms with Gasteiger partial charge in [-0.2, -0.15) is 18.3 Å². The van der Waals surface area contributed by atoms with Gasteiger partial charge in [0.25, 0.3) is 5.91 Å². The van der Waals surface area contributed by atoms with E-state index in [9.17, 15) is 27.9 Å². The van der Waals surface area contributed by atoms with Crippen molar-refractivity contribution >= 4 is 40.2 Å². The molecule has 1 saturated carbocycles. The summed E-state index contributed by atoms with van der Waals surface area (Å²) in [6, 6.07) is 5.09. The van der Waals surface area contributed by atoms with Crippen molar-refractivity contribution in [2.24, 2.45) is 0 Å². The lowest BCUT2D eigenvalue weighted by molar-refractivity contribution is -0.140. The number of anilines is 1. The molecule has 3 atom stereocenters. The number of pyridine rings is 1. The first-order valence-electron chi connectivity index (χ1n) is 12.8. The largest absolute Gasteiger partial charge is 0.465 e. The molecule has 3 N–H and O–H groups in total. The first-order valence-corrected chi connectivity index (χ1v) is 13.2. The van der Waals surface area contributed by atoms with Crippen LogP contribution in [0.4, 0.5) is 23.7 Å². The second-order valence-corrected chi connectivity index (χ2v) is 10.6. The van der Waals surface area contributed by atoms with E-state index >= 15 is 0 Å². The summed E-state index contributed by atoms with van der Waals surface area (Å²) in [5.41, 5.74) is -0.112. The van der Waals surface area contributed by atoms with Crippen LogP contribution in [0.5, 0.6) is 0 Å². The lowest BCUT2D eigenvalue weighted by atomic mass is 9.90. The maximum Gasteiger partial charge on any atom is 0.433 e. The number of nitrogens with zero attached hydrogens (tertiary/aromatic N) is 4. The van der Waals surface area contributed by atoms with E-state index < -0.39 is 18.0 Å². The highest BCUT2D eigenvalue weighted by Gasteiger charge is 2.34. The topological polar surface area (TPSA) is 112 Å². The van der Waals surface area contributed by atoms with E-state index in [-0.39, 0.29) is 29.5 Å². The maximum atomic E-state index is 13.5. The van der Waals surface area contributed by atoms with Crippen molar-refractivity contribution in [2.45, 2.75) is 62.8 Å². The number of halogens is 4. The van der Waals surface area contributed by atoms with E-state index in [0.29, 0.717) is 41.2 Å². The van der Waals surface area contributed by atoms with Crippen LogP contribution in [-0.4, -0.2) is 61.9 Å². The third-order valence-corrected chi connectivity index (χ3v) is 7.57. The van der Waals surface area contributed by atoms with Crippen molar-refractivity contribution in [3.05, 3.63) is 52.9 Å². The molecule has 13 heteroatoms. The highest BCUT2D eigenvalue weighted by molar-refractivity contribution is 6.31. The van der Waals surface area contributed by atoms with Crippen LogP contribution in [-0.2, 0) is 6.18 Å². The van der Waals surface area contributed by atoms with E-state index in [2.05, 4.69) is 20.7 Å². The van der Waals surface area contributed by atoms with Crippen molar-refractivity contribution < 1.29 is 27.9 Å². The molecule has 9 nitrogen and oxygen atoms in total. The molecule has 2 fully saturated rings. The van der Waals surface area contributed by atoms with E-state index in [1.165, 1.54) is 23.2 Å². The summed E-state index contributed by atoms with van der Waals surface area (Å²) in [6.07, 6.45) is 1.82. The van der Waals surface area contributed by atoms with Crippen LogP contribution in [0, 0.1) is 0 Å². The molecule has 3 aromatic rings. The molecule has 2 aliphatic rings. The zero-order valence-corrected chi connectivity index (χ0v) is 21.7. The maximum absolute atomic E-state index is 13.5. The SMILES string of the molecule is O=C(N[C@@H]1CCC[C@H](Nc2cc(C(F)(F)F)nc3ccc(Cl)cc23)C1)c1cnn([C@@H]2CCCN(C(=O)O)C2)c1. The summed E-state index contributed by atoms with van der Waals surface area (Å²) in [4.78, 5) is 29.4. The van der Waals surface area contributed by atoms with Gasteiger partial charge in [0.05, 0.1) is 23.3 Å².